The van der Waals surface area contributed by atoms with Gasteiger partial charge in [-0.3, -0.25) is 14.5 Å². The van der Waals surface area contributed by atoms with Crippen molar-refractivity contribution in [2.75, 3.05) is 31.6 Å². The number of nitrogens with one attached hydrogen (secondary N) is 1. The molecule has 1 aromatic carbocycles. The van der Waals surface area contributed by atoms with Crippen molar-refractivity contribution < 1.29 is 18.0 Å². The van der Waals surface area contributed by atoms with Crippen LogP contribution in [0.15, 0.2) is 30.3 Å². The highest BCUT2D eigenvalue weighted by atomic mass is 32.2. The quantitative estimate of drug-likeness (QED) is 0.593. The SMILES string of the molecule is CS(=O)(=O)CC(=O)N(CCN1C2CCC1CC(NC(=O)c1ccccc1)C2)CC1CCCC1. The third-order valence-corrected chi connectivity index (χ3v) is 8.35. The van der Waals surface area contributed by atoms with Crippen LogP contribution in [0.2, 0.25) is 0 Å². The van der Waals surface area contributed by atoms with Crippen molar-refractivity contribution in [1.29, 1.82) is 0 Å². The normalized spacial score (nSPS) is 25.8. The van der Waals surface area contributed by atoms with Crippen molar-refractivity contribution >= 4 is 21.7 Å². The van der Waals surface area contributed by atoms with Gasteiger partial charge in [-0.15, -0.1) is 0 Å². The first kappa shape index (κ1) is 24.2. The molecule has 1 aliphatic carbocycles. The molecule has 2 aliphatic heterocycles. The second kappa shape index (κ2) is 10.6. The zero-order chi connectivity index (χ0) is 23.4. The Hall–Kier alpha value is -1.93. The molecule has 2 heterocycles. The fraction of sp³-hybridized carbons (Fsp3) is 0.680. The van der Waals surface area contributed by atoms with Crippen LogP contribution >= 0.6 is 0 Å². The topological polar surface area (TPSA) is 86.8 Å². The Morgan fingerprint density at radius 2 is 1.67 bits per heavy atom. The molecule has 0 aromatic heterocycles. The molecule has 8 heteroatoms. The van der Waals surface area contributed by atoms with Crippen molar-refractivity contribution in [3.05, 3.63) is 35.9 Å². The molecular formula is C25H37N3O4S. The van der Waals surface area contributed by atoms with E-state index in [1.807, 2.05) is 30.3 Å². The van der Waals surface area contributed by atoms with Gasteiger partial charge in [-0.1, -0.05) is 31.0 Å². The van der Waals surface area contributed by atoms with Crippen molar-refractivity contribution in [2.45, 2.75) is 69.5 Å². The van der Waals surface area contributed by atoms with Gasteiger partial charge in [0.15, 0.2) is 9.84 Å². The van der Waals surface area contributed by atoms with Gasteiger partial charge in [-0.05, 0) is 56.6 Å². The van der Waals surface area contributed by atoms with E-state index in [1.54, 1.807) is 4.90 Å². The molecule has 4 rings (SSSR count). The summed E-state index contributed by atoms with van der Waals surface area (Å²) in [6, 6.07) is 10.3. The van der Waals surface area contributed by atoms with Crippen LogP contribution in [0.4, 0.5) is 0 Å². The maximum atomic E-state index is 12.8. The Morgan fingerprint density at radius 1 is 1.03 bits per heavy atom. The minimum Gasteiger partial charge on any atom is -0.349 e. The number of rotatable bonds is 9. The molecule has 1 aromatic rings. The summed E-state index contributed by atoms with van der Waals surface area (Å²) in [5, 5.41) is 3.22. The lowest BCUT2D eigenvalue weighted by Gasteiger charge is -2.40. The summed E-state index contributed by atoms with van der Waals surface area (Å²) >= 11 is 0. The van der Waals surface area contributed by atoms with Gasteiger partial charge in [-0.25, -0.2) is 8.42 Å². The molecule has 1 N–H and O–H groups in total. The standard InChI is InChI=1S/C25H37N3O4S/c1-33(31,32)18-24(29)27(17-19-7-5-6-8-19)13-14-28-22-11-12-23(28)16-21(15-22)26-25(30)20-9-3-2-4-10-20/h2-4,9-10,19,21-23H,5-8,11-18H2,1H3,(H,26,30). The molecule has 2 amide bonds. The Labute approximate surface area is 197 Å². The summed E-state index contributed by atoms with van der Waals surface area (Å²) in [5.74, 6) is -0.186. The van der Waals surface area contributed by atoms with E-state index in [1.165, 1.54) is 12.8 Å². The van der Waals surface area contributed by atoms with Crippen LogP contribution < -0.4 is 5.32 Å². The van der Waals surface area contributed by atoms with E-state index in [9.17, 15) is 18.0 Å². The fourth-order valence-electron chi connectivity index (χ4n) is 5.99. The Bertz CT molecular complexity index is 916. The minimum absolute atomic E-state index is 0.0115. The number of piperidine rings is 1. The van der Waals surface area contributed by atoms with Gasteiger partial charge >= 0.3 is 0 Å². The van der Waals surface area contributed by atoms with Crippen molar-refractivity contribution in [3.8, 4) is 0 Å². The lowest BCUT2D eigenvalue weighted by atomic mass is 9.96. The first-order valence-corrected chi connectivity index (χ1v) is 14.4. The molecule has 0 radical (unpaired) electrons. The number of carbonyl (C=O) groups excluding carboxylic acids is 2. The van der Waals surface area contributed by atoms with E-state index in [0.717, 1.165) is 51.3 Å². The summed E-state index contributed by atoms with van der Waals surface area (Å²) in [6.45, 7) is 2.03. The first-order valence-electron chi connectivity index (χ1n) is 12.4. The number of nitrogens with zero attached hydrogens (tertiary/aromatic N) is 2. The van der Waals surface area contributed by atoms with Gasteiger partial charge in [0.2, 0.25) is 5.91 Å². The third-order valence-electron chi connectivity index (χ3n) is 7.58. The third kappa shape index (κ3) is 6.57. The van der Waals surface area contributed by atoms with E-state index in [-0.39, 0.29) is 17.9 Å². The molecule has 2 unspecified atom stereocenters. The monoisotopic (exact) mass is 475 g/mol. The summed E-state index contributed by atoms with van der Waals surface area (Å²) in [7, 11) is -3.34. The summed E-state index contributed by atoms with van der Waals surface area (Å²) in [6.07, 6.45) is 9.86. The predicted molar refractivity (Wildman–Crippen MR) is 129 cm³/mol. The average molecular weight is 476 g/mol. The van der Waals surface area contributed by atoms with Gasteiger partial charge < -0.3 is 10.2 Å². The molecule has 0 spiro atoms. The Morgan fingerprint density at radius 3 is 2.27 bits per heavy atom. The van der Waals surface area contributed by atoms with E-state index in [4.69, 9.17) is 0 Å². The maximum absolute atomic E-state index is 12.8. The Kier molecular flexibility index (Phi) is 7.74. The molecular weight excluding hydrogens is 438 g/mol. The van der Waals surface area contributed by atoms with Crippen LogP contribution in [-0.4, -0.2) is 79.8 Å². The van der Waals surface area contributed by atoms with Crippen LogP contribution in [0.25, 0.3) is 0 Å². The van der Waals surface area contributed by atoms with Crippen LogP contribution in [0.5, 0.6) is 0 Å². The molecule has 33 heavy (non-hydrogen) atoms. The van der Waals surface area contributed by atoms with Gasteiger partial charge in [0, 0.05) is 49.6 Å². The number of sulfone groups is 1. The molecule has 7 nitrogen and oxygen atoms in total. The largest absolute Gasteiger partial charge is 0.349 e. The first-order chi connectivity index (χ1) is 15.8. The van der Waals surface area contributed by atoms with Gasteiger partial charge in [0.1, 0.15) is 5.75 Å². The molecule has 2 bridgehead atoms. The van der Waals surface area contributed by atoms with Crippen molar-refractivity contribution in [3.63, 3.8) is 0 Å². The summed E-state index contributed by atoms with van der Waals surface area (Å²) in [5.41, 5.74) is 0.694. The van der Waals surface area contributed by atoms with Crippen LogP contribution in [0.1, 0.15) is 61.7 Å². The second-order valence-electron chi connectivity index (χ2n) is 10.2. The zero-order valence-corrected chi connectivity index (χ0v) is 20.4. The number of fused-ring (bicyclic) bond motifs is 2. The maximum Gasteiger partial charge on any atom is 0.251 e. The van der Waals surface area contributed by atoms with Crippen LogP contribution in [0, 0.1) is 5.92 Å². The predicted octanol–water partition coefficient (Wildman–Crippen LogP) is 2.48. The highest BCUT2D eigenvalue weighted by Crippen LogP contribution is 2.35. The molecule has 3 aliphatic rings. The highest BCUT2D eigenvalue weighted by Gasteiger charge is 2.41. The van der Waals surface area contributed by atoms with Crippen LogP contribution in [-0.2, 0) is 14.6 Å². The van der Waals surface area contributed by atoms with Crippen molar-refractivity contribution in [1.82, 2.24) is 15.1 Å². The second-order valence-corrected chi connectivity index (χ2v) is 12.3. The zero-order valence-electron chi connectivity index (χ0n) is 19.6. The Balaban J connectivity index is 1.33. The van der Waals surface area contributed by atoms with Crippen LogP contribution in [0.3, 0.4) is 0 Å². The number of carbonyl (C=O) groups is 2. The van der Waals surface area contributed by atoms with Gasteiger partial charge in [-0.2, -0.15) is 0 Å². The lowest BCUT2D eigenvalue weighted by Crippen LogP contribution is -2.52. The number of hydrogen-bond acceptors (Lipinski definition) is 5. The number of benzene rings is 1. The van der Waals surface area contributed by atoms with E-state index in [2.05, 4.69) is 10.2 Å². The number of hydrogen-bond donors (Lipinski definition) is 1. The molecule has 2 atom stereocenters. The van der Waals surface area contributed by atoms with Gasteiger partial charge in [0.25, 0.3) is 5.91 Å². The molecule has 3 fully saturated rings. The smallest absolute Gasteiger partial charge is 0.251 e. The lowest BCUT2D eigenvalue weighted by molar-refractivity contribution is -0.129. The highest BCUT2D eigenvalue weighted by molar-refractivity contribution is 7.91. The summed E-state index contributed by atoms with van der Waals surface area (Å²) in [4.78, 5) is 29.7. The summed E-state index contributed by atoms with van der Waals surface area (Å²) < 4.78 is 23.5. The van der Waals surface area contributed by atoms with E-state index in [0.29, 0.717) is 36.7 Å². The van der Waals surface area contributed by atoms with Gasteiger partial charge in [0.05, 0.1) is 0 Å². The van der Waals surface area contributed by atoms with Crippen molar-refractivity contribution in [2.24, 2.45) is 5.92 Å². The fourth-order valence-corrected chi connectivity index (χ4v) is 6.62. The molecule has 1 saturated carbocycles. The average Bonchev–Trinajstić information content (AvgIpc) is 3.36. The van der Waals surface area contributed by atoms with E-state index >= 15 is 0 Å². The minimum atomic E-state index is -3.34. The molecule has 182 valence electrons. The van der Waals surface area contributed by atoms with E-state index < -0.39 is 15.6 Å². The number of amides is 2. The molecule has 2 saturated heterocycles.